The largest absolute Gasteiger partial charge is 0.364 e. The Bertz CT molecular complexity index is 833. The fourth-order valence-corrected chi connectivity index (χ4v) is 4.17. The number of halogens is 1. The first-order chi connectivity index (χ1) is 11.7. The summed E-state index contributed by atoms with van der Waals surface area (Å²) in [4.78, 5) is 0. The molecule has 2 aromatic rings. The van der Waals surface area contributed by atoms with E-state index in [4.69, 9.17) is 28.9 Å². The lowest BCUT2D eigenvalue weighted by molar-refractivity contribution is 0.305. The zero-order valence-corrected chi connectivity index (χ0v) is 14.9. The maximum Gasteiger partial charge on any atom is 0.189 e. The molecule has 2 atom stereocenters. The van der Waals surface area contributed by atoms with Crippen molar-refractivity contribution in [1.82, 2.24) is 10.3 Å². The molecule has 0 fully saturated rings. The smallest absolute Gasteiger partial charge is 0.189 e. The molecule has 0 saturated carbocycles. The highest BCUT2D eigenvalue weighted by atomic mass is 35.5. The van der Waals surface area contributed by atoms with Gasteiger partial charge in [0.2, 0.25) is 0 Å². The number of thiocarbonyl (C=S) groups is 1. The van der Waals surface area contributed by atoms with Crippen LogP contribution in [0.5, 0.6) is 0 Å². The molecular formula is C19H18ClN3S. The fraction of sp³-hybridized carbons (Fsp3) is 0.263. The Balaban J connectivity index is 1.84. The van der Waals surface area contributed by atoms with Gasteiger partial charge in [-0.05, 0) is 42.3 Å². The second kappa shape index (κ2) is 6.19. The summed E-state index contributed by atoms with van der Waals surface area (Å²) >= 11 is 12.0. The molecule has 24 heavy (non-hydrogen) atoms. The number of hydrazone groups is 1. The lowest BCUT2D eigenvalue weighted by Gasteiger charge is -2.31. The summed E-state index contributed by atoms with van der Waals surface area (Å²) in [5.41, 5.74) is 4.81. The summed E-state index contributed by atoms with van der Waals surface area (Å²) in [7, 11) is 1.84. The standard InChI is InChI=1S/C19H18ClN3S/c1-21-19(24)23-18(14-8-4-5-9-16(14)20)15-11-10-12-6-2-3-7-13(12)17(15)22-23/h2-9,15,18H,10-11H2,1H3,(H,21,24)/t15-,18+/m0/s1. The van der Waals surface area contributed by atoms with Crippen LogP contribution in [0, 0.1) is 5.92 Å². The second-order valence-electron chi connectivity index (χ2n) is 6.15. The van der Waals surface area contributed by atoms with E-state index < -0.39 is 0 Å². The average molecular weight is 356 g/mol. The highest BCUT2D eigenvalue weighted by Gasteiger charge is 2.43. The summed E-state index contributed by atoms with van der Waals surface area (Å²) in [5.74, 6) is 0.297. The van der Waals surface area contributed by atoms with Crippen molar-refractivity contribution in [2.75, 3.05) is 7.05 Å². The highest BCUT2D eigenvalue weighted by molar-refractivity contribution is 7.80. The molecule has 0 spiro atoms. The average Bonchev–Trinajstić information content (AvgIpc) is 3.01. The quantitative estimate of drug-likeness (QED) is 0.778. The van der Waals surface area contributed by atoms with Crippen molar-refractivity contribution >= 4 is 34.6 Å². The molecule has 0 bridgehead atoms. The lowest BCUT2D eigenvalue weighted by Crippen LogP contribution is -2.37. The topological polar surface area (TPSA) is 27.6 Å². The number of hydrogen-bond donors (Lipinski definition) is 1. The van der Waals surface area contributed by atoms with Gasteiger partial charge in [0.15, 0.2) is 5.11 Å². The van der Waals surface area contributed by atoms with E-state index in [1.807, 2.05) is 30.3 Å². The van der Waals surface area contributed by atoms with Crippen LogP contribution in [-0.2, 0) is 6.42 Å². The maximum atomic E-state index is 6.51. The van der Waals surface area contributed by atoms with Crippen molar-refractivity contribution in [3.05, 3.63) is 70.2 Å². The normalized spacial score (nSPS) is 21.8. The Morgan fingerprint density at radius 1 is 1.21 bits per heavy atom. The Morgan fingerprint density at radius 3 is 2.75 bits per heavy atom. The van der Waals surface area contributed by atoms with Crippen LogP contribution in [0.3, 0.4) is 0 Å². The van der Waals surface area contributed by atoms with Crippen molar-refractivity contribution in [2.45, 2.75) is 18.9 Å². The van der Waals surface area contributed by atoms with E-state index in [-0.39, 0.29) is 6.04 Å². The molecule has 0 radical (unpaired) electrons. The van der Waals surface area contributed by atoms with E-state index in [1.165, 1.54) is 11.1 Å². The van der Waals surface area contributed by atoms with Crippen molar-refractivity contribution in [1.29, 1.82) is 0 Å². The van der Waals surface area contributed by atoms with E-state index in [0.29, 0.717) is 11.0 Å². The number of hydrogen-bond acceptors (Lipinski definition) is 2. The summed E-state index contributed by atoms with van der Waals surface area (Å²) < 4.78 is 0. The minimum Gasteiger partial charge on any atom is -0.364 e. The van der Waals surface area contributed by atoms with Gasteiger partial charge >= 0.3 is 0 Å². The molecule has 1 aliphatic heterocycles. The Kier molecular flexibility index (Phi) is 4.02. The highest BCUT2D eigenvalue weighted by Crippen LogP contribution is 2.44. The van der Waals surface area contributed by atoms with Crippen molar-refractivity contribution < 1.29 is 0 Å². The monoisotopic (exact) mass is 355 g/mol. The maximum absolute atomic E-state index is 6.51. The molecule has 5 heteroatoms. The van der Waals surface area contributed by atoms with Gasteiger partial charge in [0.1, 0.15) is 0 Å². The van der Waals surface area contributed by atoms with Crippen molar-refractivity contribution in [3.63, 3.8) is 0 Å². The third-order valence-corrected chi connectivity index (χ3v) is 5.61. The first-order valence-electron chi connectivity index (χ1n) is 8.13. The third kappa shape index (κ3) is 2.41. The van der Waals surface area contributed by atoms with Gasteiger partial charge in [-0.3, -0.25) is 0 Å². The van der Waals surface area contributed by atoms with Gasteiger partial charge in [-0.2, -0.15) is 5.10 Å². The number of fused-ring (bicyclic) bond motifs is 3. The lowest BCUT2D eigenvalue weighted by atomic mass is 9.77. The van der Waals surface area contributed by atoms with Crippen molar-refractivity contribution in [2.24, 2.45) is 11.0 Å². The second-order valence-corrected chi connectivity index (χ2v) is 6.95. The van der Waals surface area contributed by atoms with E-state index in [9.17, 15) is 0 Å². The first-order valence-corrected chi connectivity index (χ1v) is 8.91. The predicted molar refractivity (Wildman–Crippen MR) is 102 cm³/mol. The van der Waals surface area contributed by atoms with Gasteiger partial charge in [-0.1, -0.05) is 54.1 Å². The minimum atomic E-state index is 0.0435. The molecule has 1 aliphatic carbocycles. The summed E-state index contributed by atoms with van der Waals surface area (Å²) in [6.45, 7) is 0. The fourth-order valence-electron chi connectivity index (χ4n) is 3.77. The van der Waals surface area contributed by atoms with E-state index >= 15 is 0 Å². The van der Waals surface area contributed by atoms with Crippen LogP contribution >= 0.6 is 23.8 Å². The molecular weight excluding hydrogens is 338 g/mol. The number of aryl methyl sites for hydroxylation is 1. The Labute approximate surface area is 152 Å². The summed E-state index contributed by atoms with van der Waals surface area (Å²) in [5, 5.41) is 11.3. The SMILES string of the molecule is CNC(=S)N1N=C2c3ccccc3CC[C@@H]2[C@H]1c1ccccc1Cl. The zero-order chi connectivity index (χ0) is 16.7. The van der Waals surface area contributed by atoms with Crippen molar-refractivity contribution in [3.8, 4) is 0 Å². The molecule has 0 unspecified atom stereocenters. The molecule has 122 valence electrons. The van der Waals surface area contributed by atoms with Crippen LogP contribution in [0.4, 0.5) is 0 Å². The summed E-state index contributed by atoms with van der Waals surface area (Å²) in [6, 6.07) is 16.6. The Hall–Kier alpha value is -1.91. The predicted octanol–water partition coefficient (Wildman–Crippen LogP) is 4.17. The third-order valence-electron chi connectivity index (χ3n) is 4.88. The van der Waals surface area contributed by atoms with E-state index in [1.54, 1.807) is 0 Å². The van der Waals surface area contributed by atoms with Gasteiger partial charge in [-0.25, -0.2) is 5.01 Å². The molecule has 0 amide bonds. The molecule has 2 aromatic carbocycles. The molecule has 4 rings (SSSR count). The number of nitrogens with one attached hydrogen (secondary N) is 1. The molecule has 1 heterocycles. The van der Waals surface area contributed by atoms with Crippen LogP contribution in [-0.4, -0.2) is 22.9 Å². The number of benzene rings is 2. The molecule has 1 N–H and O–H groups in total. The molecule has 3 nitrogen and oxygen atoms in total. The van der Waals surface area contributed by atoms with Crippen LogP contribution < -0.4 is 5.32 Å². The van der Waals surface area contributed by atoms with Crippen LogP contribution in [0.25, 0.3) is 0 Å². The van der Waals surface area contributed by atoms with E-state index in [0.717, 1.165) is 29.1 Å². The van der Waals surface area contributed by atoms with Gasteiger partial charge in [0.25, 0.3) is 0 Å². The summed E-state index contributed by atoms with van der Waals surface area (Å²) in [6.07, 6.45) is 2.11. The van der Waals surface area contributed by atoms with Gasteiger partial charge in [0, 0.05) is 23.6 Å². The molecule has 2 aliphatic rings. The van der Waals surface area contributed by atoms with Crippen LogP contribution in [0.15, 0.2) is 53.6 Å². The molecule has 0 saturated heterocycles. The van der Waals surface area contributed by atoms with E-state index in [2.05, 4.69) is 35.6 Å². The first kappa shape index (κ1) is 15.6. The number of rotatable bonds is 1. The molecule has 0 aromatic heterocycles. The zero-order valence-electron chi connectivity index (χ0n) is 13.4. The number of nitrogens with zero attached hydrogens (tertiary/aromatic N) is 2. The van der Waals surface area contributed by atoms with Crippen LogP contribution in [0.2, 0.25) is 5.02 Å². The van der Waals surface area contributed by atoms with Gasteiger partial charge < -0.3 is 5.32 Å². The van der Waals surface area contributed by atoms with Gasteiger partial charge in [0.05, 0.1) is 11.8 Å². The van der Waals surface area contributed by atoms with Gasteiger partial charge in [-0.15, -0.1) is 0 Å². The Morgan fingerprint density at radius 2 is 1.96 bits per heavy atom. The minimum absolute atomic E-state index is 0.0435. The van der Waals surface area contributed by atoms with Crippen LogP contribution in [0.1, 0.15) is 29.2 Å².